The summed E-state index contributed by atoms with van der Waals surface area (Å²) >= 11 is 0. The smallest absolute Gasteiger partial charge is 0.0645 e. The van der Waals surface area contributed by atoms with Crippen LogP contribution in [0.3, 0.4) is 0 Å². The number of benzene rings is 9. The molecule has 0 N–H and O–H groups in total. The van der Waals surface area contributed by atoms with Gasteiger partial charge in [-0.1, -0.05) is 139 Å². The molecule has 0 fully saturated rings. The highest BCUT2D eigenvalue weighted by molar-refractivity contribution is 6.17. The van der Waals surface area contributed by atoms with Crippen LogP contribution in [0.4, 0.5) is 0 Å². The number of fused-ring (bicyclic) bond motifs is 9. The van der Waals surface area contributed by atoms with E-state index < -0.39 is 166 Å². The molecule has 0 amide bonds. The van der Waals surface area contributed by atoms with Crippen molar-refractivity contribution in [3.63, 3.8) is 0 Å². The van der Waals surface area contributed by atoms with Crippen LogP contribution >= 0.6 is 0 Å². The van der Waals surface area contributed by atoms with Crippen LogP contribution in [-0.4, -0.2) is 13.7 Å². The van der Waals surface area contributed by atoms with E-state index in [1.807, 2.05) is 0 Å². The van der Waals surface area contributed by atoms with Crippen LogP contribution in [0.5, 0.6) is 0 Å². The summed E-state index contributed by atoms with van der Waals surface area (Å²) in [6, 6.07) is 6.24. The van der Waals surface area contributed by atoms with E-state index >= 15 is 0 Å². The third-order valence-corrected chi connectivity index (χ3v) is 10.2. The Hall–Kier alpha value is -7.62. The summed E-state index contributed by atoms with van der Waals surface area (Å²) in [5, 5.41) is -2.03. The predicted octanol–water partition coefficient (Wildman–Crippen LogP) is 14.3. The molecule has 12 aromatic rings. The van der Waals surface area contributed by atoms with Crippen molar-refractivity contribution in [2.75, 3.05) is 0 Å². The first-order valence-electron chi connectivity index (χ1n) is 28.8. The van der Waals surface area contributed by atoms with Gasteiger partial charge in [0.05, 0.1) is 74.6 Å². The zero-order valence-electron chi connectivity index (χ0n) is 51.3. The highest BCUT2D eigenvalue weighted by atomic mass is 15.0. The van der Waals surface area contributed by atoms with Crippen molar-refractivity contribution in [2.24, 2.45) is 0 Å². The fourth-order valence-electron chi connectivity index (χ4n) is 7.78. The van der Waals surface area contributed by atoms with E-state index in [4.69, 9.17) is 9.60 Å². The fourth-order valence-corrected chi connectivity index (χ4v) is 7.78. The Morgan fingerprint density at radius 1 is 0.316 bits per heavy atom. The van der Waals surface area contributed by atoms with Gasteiger partial charge in [-0.15, -0.1) is 0 Å². The van der Waals surface area contributed by atoms with Crippen molar-refractivity contribution in [3.05, 3.63) is 212 Å². The first kappa shape index (κ1) is 17.0. The molecule has 0 spiro atoms. The lowest BCUT2D eigenvalue weighted by Gasteiger charge is -2.14. The van der Waals surface area contributed by atoms with Crippen LogP contribution in [0, 0.1) is 0 Å². The van der Waals surface area contributed by atoms with Gasteiger partial charge < -0.3 is 13.7 Å². The van der Waals surface area contributed by atoms with Gasteiger partial charge >= 0.3 is 0 Å². The monoisotopic (exact) mass is 747 g/mol. The number of para-hydroxylation sites is 5. The molecular weight excluding hydrogens is 691 g/mol. The zero-order valence-corrected chi connectivity index (χ0v) is 29.3. The van der Waals surface area contributed by atoms with Gasteiger partial charge in [-0.2, -0.15) is 0 Å². The standard InChI is InChI=1S/C54H35N3/c1-3-16-36(17-4-1)40-20-7-11-24-46(40)56-47-25-12-8-21-41(47)44-34-37(30-32-50(44)56)38-31-33-51-45(35-38)42-22-9-13-26-48(42)57(51)53-29-15-28-52-54(53)43-23-10-14-27-49(43)55(52)39-18-5-2-6-19-39/h1-35H/i1D,8D,9D,10D,12D,13D,14D,15D,21D,22D,23D,25D,26D,27D,28D,29D,30D,31D,32D,33D,34D,35D. The van der Waals surface area contributed by atoms with Crippen molar-refractivity contribution >= 4 is 65.4 Å². The molecule has 0 bridgehead atoms. The summed E-state index contributed by atoms with van der Waals surface area (Å²) in [4.78, 5) is 0. The molecule has 0 aliphatic carbocycles. The number of nitrogens with zero attached hydrogens (tertiary/aromatic N) is 3. The van der Waals surface area contributed by atoms with Crippen LogP contribution in [0.15, 0.2) is 212 Å². The first-order chi connectivity index (χ1) is 37.5. The third kappa shape index (κ3) is 4.73. The Kier molecular flexibility index (Phi) is 3.72. The van der Waals surface area contributed by atoms with Crippen molar-refractivity contribution in [3.8, 4) is 39.3 Å². The van der Waals surface area contributed by atoms with Gasteiger partial charge in [-0.05, 0) is 89.3 Å². The second-order valence-electron chi connectivity index (χ2n) is 13.2. The molecule has 0 aliphatic heterocycles. The minimum absolute atomic E-state index is 0.180. The van der Waals surface area contributed by atoms with Crippen LogP contribution < -0.4 is 0 Å². The lowest BCUT2D eigenvalue weighted by Crippen LogP contribution is -1.97. The summed E-state index contributed by atoms with van der Waals surface area (Å²) in [6.07, 6.45) is 0. The maximum atomic E-state index is 10.1. The molecule has 3 heterocycles. The van der Waals surface area contributed by atoms with Gasteiger partial charge in [-0.25, -0.2) is 0 Å². The zero-order chi connectivity index (χ0) is 56.6. The number of hydrogen-bond acceptors (Lipinski definition) is 0. The van der Waals surface area contributed by atoms with Crippen LogP contribution in [-0.2, 0) is 0 Å². The average molecular weight is 748 g/mol. The molecule has 3 heteroatoms. The second kappa shape index (κ2) is 12.5. The van der Waals surface area contributed by atoms with Gasteiger partial charge in [0.25, 0.3) is 0 Å². The normalized spacial score (nSPS) is 17.3. The van der Waals surface area contributed by atoms with Crippen LogP contribution in [0.2, 0.25) is 0 Å². The van der Waals surface area contributed by atoms with E-state index in [0.717, 1.165) is 4.57 Å². The molecule has 0 aliphatic rings. The quantitative estimate of drug-likeness (QED) is 0.167. The lowest BCUT2D eigenvalue weighted by atomic mass is 10.0. The van der Waals surface area contributed by atoms with E-state index in [1.165, 1.54) is 9.13 Å². The van der Waals surface area contributed by atoms with E-state index in [0.29, 0.717) is 11.1 Å². The molecule has 0 atom stereocenters. The second-order valence-corrected chi connectivity index (χ2v) is 13.2. The van der Waals surface area contributed by atoms with Gasteiger partial charge in [0.2, 0.25) is 0 Å². The van der Waals surface area contributed by atoms with E-state index in [2.05, 4.69) is 0 Å². The topological polar surface area (TPSA) is 14.8 Å². The Morgan fingerprint density at radius 3 is 1.51 bits per heavy atom. The summed E-state index contributed by atoms with van der Waals surface area (Å²) in [5.41, 5.74) is -2.01. The number of aromatic nitrogens is 3. The van der Waals surface area contributed by atoms with Gasteiger partial charge in [0, 0.05) is 43.6 Å². The molecule has 0 radical (unpaired) electrons. The lowest BCUT2D eigenvalue weighted by molar-refractivity contribution is 1.17. The van der Waals surface area contributed by atoms with Gasteiger partial charge in [0.15, 0.2) is 0 Å². The molecule has 0 saturated carbocycles. The van der Waals surface area contributed by atoms with Crippen molar-refractivity contribution in [1.29, 1.82) is 0 Å². The third-order valence-electron chi connectivity index (χ3n) is 10.2. The Bertz CT molecular complexity index is 4790. The average Bonchev–Trinajstić information content (AvgIpc) is 2.63. The summed E-state index contributed by atoms with van der Waals surface area (Å²) < 4.78 is 208. The minimum Gasteiger partial charge on any atom is -0.309 e. The van der Waals surface area contributed by atoms with E-state index in [9.17, 15) is 20.6 Å². The van der Waals surface area contributed by atoms with Gasteiger partial charge in [0.1, 0.15) is 0 Å². The molecular formula is C54H35N3. The summed E-state index contributed by atoms with van der Waals surface area (Å²) in [6.45, 7) is 0. The summed E-state index contributed by atoms with van der Waals surface area (Å²) in [5.74, 6) is 0. The highest BCUT2D eigenvalue weighted by Gasteiger charge is 2.21. The van der Waals surface area contributed by atoms with Crippen molar-refractivity contribution in [1.82, 2.24) is 13.7 Å². The maximum Gasteiger partial charge on any atom is 0.0645 e. The minimum atomic E-state index is -0.897. The van der Waals surface area contributed by atoms with Crippen LogP contribution in [0.25, 0.3) is 105 Å². The van der Waals surface area contributed by atoms with Crippen molar-refractivity contribution in [2.45, 2.75) is 0 Å². The Labute approximate surface area is 360 Å². The van der Waals surface area contributed by atoms with E-state index in [1.54, 1.807) is 78.9 Å². The summed E-state index contributed by atoms with van der Waals surface area (Å²) in [7, 11) is 0. The molecule has 0 saturated heterocycles. The van der Waals surface area contributed by atoms with Gasteiger partial charge in [-0.3, -0.25) is 0 Å². The first-order valence-corrected chi connectivity index (χ1v) is 17.8. The molecule has 9 aromatic carbocycles. The molecule has 266 valence electrons. The Balaban J connectivity index is 1.28. The number of hydrogen-bond donors (Lipinski definition) is 0. The van der Waals surface area contributed by atoms with E-state index in [-0.39, 0.29) is 61.0 Å². The molecule has 3 nitrogen and oxygen atoms in total. The fraction of sp³-hybridized carbons (Fsp3) is 0. The molecule has 0 unspecified atom stereocenters. The molecule has 57 heavy (non-hydrogen) atoms. The number of rotatable bonds is 5. The highest BCUT2D eigenvalue weighted by Crippen LogP contribution is 2.42. The predicted molar refractivity (Wildman–Crippen MR) is 240 cm³/mol. The van der Waals surface area contributed by atoms with Crippen LogP contribution in [0.1, 0.15) is 30.2 Å². The Morgan fingerprint density at radius 2 is 0.842 bits per heavy atom. The molecule has 3 aromatic heterocycles. The molecule has 12 rings (SSSR count). The maximum absolute atomic E-state index is 10.1. The SMILES string of the molecule is [2H]c1ccc(-c2ccccc2-n2c3c([2H])c([2H])c([2H])c([2H])c3c3c([2H])c(-c4c([2H])c([2H])c5c(c4[2H])c4c([2H])c([2H])c([2H])c([2H])c4n5-c4c([2H])c([2H])c([2H])c5c4c4c([2H])c([2H])c([2H])c([2H])c4n5-c4ccccc4)c([2H])c([2H])c32)cc1. The van der Waals surface area contributed by atoms with Crippen molar-refractivity contribution < 1.29 is 30.2 Å². The largest absolute Gasteiger partial charge is 0.309 e.